The highest BCUT2D eigenvalue weighted by molar-refractivity contribution is 7.16. The van der Waals surface area contributed by atoms with Gasteiger partial charge in [-0.15, -0.1) is 11.3 Å². The Balaban J connectivity index is 2.39. The smallest absolute Gasteiger partial charge is 0.167 e. The molecule has 0 saturated heterocycles. The van der Waals surface area contributed by atoms with E-state index in [0.29, 0.717) is 4.97 Å². The van der Waals surface area contributed by atoms with Gasteiger partial charge in [0.1, 0.15) is 0 Å². The number of anilines is 1. The summed E-state index contributed by atoms with van der Waals surface area (Å²) >= 11 is 1.60. The third kappa shape index (κ3) is 2.92. The van der Waals surface area contributed by atoms with Crippen molar-refractivity contribution in [3.05, 3.63) is 22.2 Å². The molecule has 1 rings (SSSR count). The number of hydrogen-bond donors (Lipinski definition) is 1. The summed E-state index contributed by atoms with van der Waals surface area (Å²) in [6.45, 7) is 2.13. The summed E-state index contributed by atoms with van der Waals surface area (Å²) in [6.07, 6.45) is 0. The Kier molecular flexibility index (Phi) is 2.93. The summed E-state index contributed by atoms with van der Waals surface area (Å²) < 4.78 is 0. The maximum atomic E-state index is 10.3. The van der Waals surface area contributed by atoms with Crippen LogP contribution in [0.5, 0.6) is 0 Å². The number of aryl methyl sites for hydroxylation is 1. The third-order valence-corrected chi connectivity index (χ3v) is 2.11. The van der Waals surface area contributed by atoms with Crippen LogP contribution in [0.1, 0.15) is 4.88 Å². The molecule has 11 heavy (non-hydrogen) atoms. The predicted octanol–water partition coefficient (Wildman–Crippen LogP) is 1.31. The van der Waals surface area contributed by atoms with E-state index in [-0.39, 0.29) is 6.67 Å². The highest BCUT2D eigenvalue weighted by Crippen LogP contribution is 2.19. The molecule has 5 heteroatoms. The quantitative estimate of drug-likeness (QED) is 0.419. The first-order valence-corrected chi connectivity index (χ1v) is 4.00. The largest absolute Gasteiger partial charge is 0.796 e. The summed E-state index contributed by atoms with van der Waals surface area (Å²) in [5, 5.41) is 14.1. The molecule has 0 spiro atoms. The average molecular weight is 167 g/mol. The van der Waals surface area contributed by atoms with Crippen molar-refractivity contribution in [2.24, 2.45) is 0 Å². The van der Waals surface area contributed by atoms with Gasteiger partial charge in [0.05, 0.1) is 5.00 Å². The van der Waals surface area contributed by atoms with Crippen LogP contribution < -0.4 is 5.32 Å². The van der Waals surface area contributed by atoms with Crippen molar-refractivity contribution in [2.75, 3.05) is 12.0 Å². The lowest BCUT2D eigenvalue weighted by molar-refractivity contribution is 0.653. The van der Waals surface area contributed by atoms with Gasteiger partial charge in [0.25, 0.3) is 0 Å². The summed E-state index contributed by atoms with van der Waals surface area (Å²) in [7, 11) is 4.87. The molecule has 0 aromatic carbocycles. The van der Waals surface area contributed by atoms with E-state index < -0.39 is 0 Å². The minimum absolute atomic E-state index is 0.125. The molecule has 1 aromatic heterocycles. The highest BCUT2D eigenvalue weighted by Gasteiger charge is 1.92. The van der Waals surface area contributed by atoms with E-state index in [1.807, 2.05) is 19.1 Å². The minimum Gasteiger partial charge on any atom is -0.796 e. The molecule has 0 saturated carbocycles. The van der Waals surface area contributed by atoms with Crippen LogP contribution in [0.3, 0.4) is 0 Å². The lowest BCUT2D eigenvalue weighted by Gasteiger charge is -2.22. The number of hydroxylamine groups is 1. The van der Waals surface area contributed by atoms with Gasteiger partial charge in [-0.1, -0.05) is 0 Å². The molecule has 3 nitrogen and oxygen atoms in total. The molecular weight excluding hydrogens is 159 g/mol. The van der Waals surface area contributed by atoms with Crippen LogP contribution in [0, 0.1) is 12.1 Å². The number of nitrogens with one attached hydrogen (secondary N) is 1. The zero-order valence-electron chi connectivity index (χ0n) is 6.20. The molecule has 1 N–H and O–H groups in total. The van der Waals surface area contributed by atoms with Crippen molar-refractivity contribution in [1.82, 2.24) is 4.97 Å². The first-order valence-electron chi connectivity index (χ1n) is 3.18. The van der Waals surface area contributed by atoms with Crippen LogP contribution in [-0.2, 0) is 0 Å². The zero-order valence-corrected chi connectivity index (χ0v) is 7.02. The molecule has 0 bridgehead atoms. The lowest BCUT2D eigenvalue weighted by atomic mass is 10.4. The average Bonchev–Trinajstić information content (AvgIpc) is 2.31. The minimum atomic E-state index is 0.125. The Morgan fingerprint density at radius 2 is 2.45 bits per heavy atom. The normalized spacial score (nSPS) is 10.5. The summed E-state index contributed by atoms with van der Waals surface area (Å²) in [5.41, 5.74) is 0. The molecule has 0 aliphatic heterocycles. The van der Waals surface area contributed by atoms with Crippen LogP contribution >= 0.6 is 11.3 Å². The standard InChI is InChI=1S/C6H8BN2OS/c1-5-2-3-6(11-5)8-4-9(7)10/h2-3,8H,4H2,1H3/q-1. The molecule has 0 aliphatic carbocycles. The first kappa shape index (κ1) is 8.58. The lowest BCUT2D eigenvalue weighted by Crippen LogP contribution is -2.19. The van der Waals surface area contributed by atoms with E-state index in [1.54, 1.807) is 11.3 Å². The van der Waals surface area contributed by atoms with Crippen LogP contribution in [0.25, 0.3) is 0 Å². The van der Waals surface area contributed by atoms with Gasteiger partial charge < -0.3 is 15.5 Å². The van der Waals surface area contributed by atoms with E-state index in [0.717, 1.165) is 5.00 Å². The zero-order chi connectivity index (χ0) is 8.27. The molecular formula is C6H8BN2OS-. The Hall–Kier alpha value is -0.515. The van der Waals surface area contributed by atoms with Crippen LogP contribution in [-0.4, -0.2) is 19.6 Å². The van der Waals surface area contributed by atoms with E-state index >= 15 is 0 Å². The Labute approximate surface area is 71.0 Å². The third-order valence-electron chi connectivity index (χ3n) is 1.15. The van der Waals surface area contributed by atoms with Gasteiger partial charge >= 0.3 is 0 Å². The van der Waals surface area contributed by atoms with Crippen molar-refractivity contribution >= 4 is 24.3 Å². The molecule has 1 heterocycles. The summed E-state index contributed by atoms with van der Waals surface area (Å²) in [6, 6.07) is 3.90. The van der Waals surface area contributed by atoms with Crippen molar-refractivity contribution in [3.8, 4) is 0 Å². The van der Waals surface area contributed by atoms with Gasteiger partial charge in [-0.2, -0.15) is 0 Å². The maximum Gasteiger partial charge on any atom is 0.167 e. The second kappa shape index (κ2) is 3.76. The van der Waals surface area contributed by atoms with E-state index in [4.69, 9.17) is 7.98 Å². The molecule has 0 atom stereocenters. The number of thiophene rings is 1. The summed E-state index contributed by atoms with van der Waals surface area (Å²) in [4.78, 5) is 1.57. The Morgan fingerprint density at radius 3 is 2.91 bits per heavy atom. The second-order valence-electron chi connectivity index (χ2n) is 2.16. The van der Waals surface area contributed by atoms with E-state index in [2.05, 4.69) is 5.32 Å². The molecule has 0 unspecified atom stereocenters. The second-order valence-corrected chi connectivity index (χ2v) is 3.45. The van der Waals surface area contributed by atoms with Crippen molar-refractivity contribution in [2.45, 2.75) is 6.92 Å². The summed E-state index contributed by atoms with van der Waals surface area (Å²) in [5.74, 6) is 0. The predicted molar refractivity (Wildman–Crippen MR) is 48.5 cm³/mol. The maximum absolute atomic E-state index is 10.3. The Morgan fingerprint density at radius 1 is 1.73 bits per heavy atom. The van der Waals surface area contributed by atoms with Crippen molar-refractivity contribution < 1.29 is 0 Å². The van der Waals surface area contributed by atoms with Gasteiger partial charge in [-0.25, -0.2) is 0 Å². The van der Waals surface area contributed by atoms with Crippen LogP contribution in [0.4, 0.5) is 5.00 Å². The first-order chi connectivity index (χ1) is 5.18. The van der Waals surface area contributed by atoms with Gasteiger partial charge in [-0.05, 0) is 19.1 Å². The SMILES string of the molecule is [B]N([O-])CNc1ccc(C)s1. The van der Waals surface area contributed by atoms with Crippen LogP contribution in [0.2, 0.25) is 0 Å². The fourth-order valence-electron chi connectivity index (χ4n) is 0.685. The van der Waals surface area contributed by atoms with Crippen LogP contribution in [0.15, 0.2) is 12.1 Å². The molecule has 58 valence electrons. The monoisotopic (exact) mass is 167 g/mol. The molecule has 0 fully saturated rings. The van der Waals surface area contributed by atoms with Gasteiger partial charge in [0, 0.05) is 11.5 Å². The molecule has 0 amide bonds. The molecule has 2 radical (unpaired) electrons. The number of hydrogen-bond acceptors (Lipinski definition) is 4. The number of rotatable bonds is 3. The van der Waals surface area contributed by atoms with Gasteiger partial charge in [0.2, 0.25) is 0 Å². The Bertz CT molecular complexity index is 226. The molecule has 0 aliphatic rings. The molecule has 1 aromatic rings. The van der Waals surface area contributed by atoms with Crippen molar-refractivity contribution in [1.29, 1.82) is 0 Å². The van der Waals surface area contributed by atoms with Gasteiger partial charge in [0.15, 0.2) is 7.98 Å². The van der Waals surface area contributed by atoms with E-state index in [9.17, 15) is 5.21 Å². The number of nitrogens with zero attached hydrogens (tertiary/aromatic N) is 1. The topological polar surface area (TPSA) is 38.3 Å². The fourth-order valence-corrected chi connectivity index (χ4v) is 1.44. The van der Waals surface area contributed by atoms with Crippen molar-refractivity contribution in [3.63, 3.8) is 0 Å². The van der Waals surface area contributed by atoms with Gasteiger partial charge in [-0.3, -0.25) is 0 Å². The highest BCUT2D eigenvalue weighted by atomic mass is 32.1. The van der Waals surface area contributed by atoms with E-state index in [1.165, 1.54) is 4.88 Å². The fraction of sp³-hybridized carbons (Fsp3) is 0.333.